The topological polar surface area (TPSA) is 91.3 Å². The summed E-state index contributed by atoms with van der Waals surface area (Å²) in [6, 6.07) is 6.24. The number of hydrogen-bond acceptors (Lipinski definition) is 6. The van der Waals surface area contributed by atoms with Crippen LogP contribution in [0, 0.1) is 5.92 Å². The standard InChI is InChI=1S/C25H38N4O4S/c1-4-5-9-22(26-24-21-8-6-7-10-23(21)34(31,32)27-24)25(30)29-13-11-20(12-14-29)17-28-15-18(2)33-19(3)16-28/h6-8,10,18-20,22H,4-5,9,11-17H2,1-3H3,(H,26,27). The van der Waals surface area contributed by atoms with Crippen LogP contribution < -0.4 is 4.72 Å². The number of fused-ring (bicyclic) bond motifs is 1. The third-order valence-electron chi connectivity index (χ3n) is 7.00. The van der Waals surface area contributed by atoms with Crippen LogP contribution in [0.3, 0.4) is 0 Å². The van der Waals surface area contributed by atoms with Crippen LogP contribution in [0.4, 0.5) is 0 Å². The zero-order chi connectivity index (χ0) is 24.3. The number of carbonyl (C=O) groups excluding carboxylic acids is 1. The quantitative estimate of drug-likeness (QED) is 0.635. The van der Waals surface area contributed by atoms with Gasteiger partial charge in [0.1, 0.15) is 11.9 Å². The highest BCUT2D eigenvalue weighted by molar-refractivity contribution is 7.90. The number of carbonyl (C=O) groups is 1. The molecule has 0 aliphatic carbocycles. The van der Waals surface area contributed by atoms with E-state index >= 15 is 0 Å². The molecule has 1 N–H and O–H groups in total. The lowest BCUT2D eigenvalue weighted by Gasteiger charge is -2.39. The molecule has 3 atom stereocenters. The molecule has 0 aromatic heterocycles. The Morgan fingerprint density at radius 3 is 2.53 bits per heavy atom. The number of amides is 1. The Labute approximate surface area is 203 Å². The van der Waals surface area contributed by atoms with E-state index in [4.69, 9.17) is 4.74 Å². The van der Waals surface area contributed by atoms with Gasteiger partial charge in [0, 0.05) is 38.3 Å². The fourth-order valence-electron chi connectivity index (χ4n) is 5.37. The molecule has 3 aliphatic rings. The van der Waals surface area contributed by atoms with E-state index in [9.17, 15) is 13.2 Å². The van der Waals surface area contributed by atoms with E-state index in [2.05, 4.69) is 35.4 Å². The number of nitrogens with one attached hydrogen (secondary N) is 1. The van der Waals surface area contributed by atoms with Gasteiger partial charge in [-0.2, -0.15) is 0 Å². The molecule has 1 amide bonds. The van der Waals surface area contributed by atoms with Crippen LogP contribution in [0.1, 0.15) is 58.4 Å². The minimum Gasteiger partial charge on any atom is -0.373 e. The number of morpholine rings is 1. The molecule has 2 fully saturated rings. The van der Waals surface area contributed by atoms with Crippen LogP contribution in [-0.4, -0.2) is 80.9 Å². The number of piperidine rings is 1. The predicted molar refractivity (Wildman–Crippen MR) is 132 cm³/mol. The summed E-state index contributed by atoms with van der Waals surface area (Å²) in [7, 11) is -3.62. The fraction of sp³-hybridized carbons (Fsp3) is 0.680. The highest BCUT2D eigenvalue weighted by Gasteiger charge is 2.34. The van der Waals surface area contributed by atoms with Crippen LogP contribution in [0.25, 0.3) is 0 Å². The number of sulfonamides is 1. The summed E-state index contributed by atoms with van der Waals surface area (Å²) in [6.07, 6.45) is 4.94. The number of hydrogen-bond donors (Lipinski definition) is 1. The molecular weight excluding hydrogens is 452 g/mol. The van der Waals surface area contributed by atoms with Gasteiger partial charge in [0.25, 0.3) is 10.0 Å². The maximum atomic E-state index is 13.5. The van der Waals surface area contributed by atoms with Gasteiger partial charge in [0.2, 0.25) is 5.91 Å². The summed E-state index contributed by atoms with van der Waals surface area (Å²) >= 11 is 0. The zero-order valence-electron chi connectivity index (χ0n) is 20.6. The largest absolute Gasteiger partial charge is 0.373 e. The monoisotopic (exact) mass is 490 g/mol. The van der Waals surface area contributed by atoms with Crippen molar-refractivity contribution >= 4 is 21.8 Å². The van der Waals surface area contributed by atoms with Crippen molar-refractivity contribution in [3.63, 3.8) is 0 Å². The molecule has 9 heteroatoms. The number of aliphatic imine (C=N–C) groups is 1. The summed E-state index contributed by atoms with van der Waals surface area (Å²) in [5.41, 5.74) is 0.546. The molecule has 0 saturated carbocycles. The van der Waals surface area contributed by atoms with Gasteiger partial charge in [-0.05, 0) is 51.2 Å². The maximum absolute atomic E-state index is 13.5. The molecule has 1 aromatic rings. The first-order chi connectivity index (χ1) is 16.3. The van der Waals surface area contributed by atoms with Gasteiger partial charge in [-0.3, -0.25) is 19.4 Å². The van der Waals surface area contributed by atoms with Crippen molar-refractivity contribution in [3.05, 3.63) is 29.8 Å². The molecule has 8 nitrogen and oxygen atoms in total. The van der Waals surface area contributed by atoms with Gasteiger partial charge in [0.15, 0.2) is 0 Å². The number of benzene rings is 1. The van der Waals surface area contributed by atoms with Gasteiger partial charge < -0.3 is 9.64 Å². The summed E-state index contributed by atoms with van der Waals surface area (Å²) in [6.45, 7) is 10.8. The Bertz CT molecular complexity index is 994. The lowest BCUT2D eigenvalue weighted by atomic mass is 9.95. The Morgan fingerprint density at radius 2 is 1.85 bits per heavy atom. The minimum atomic E-state index is -3.62. The number of rotatable bonds is 7. The molecule has 188 valence electrons. The molecule has 0 radical (unpaired) electrons. The molecule has 3 aliphatic heterocycles. The van der Waals surface area contributed by atoms with E-state index in [1.54, 1.807) is 24.3 Å². The molecule has 1 aromatic carbocycles. The van der Waals surface area contributed by atoms with Crippen molar-refractivity contribution in [2.75, 3.05) is 32.7 Å². The highest BCUT2D eigenvalue weighted by Crippen LogP contribution is 2.25. The predicted octanol–water partition coefficient (Wildman–Crippen LogP) is 2.63. The number of ether oxygens (including phenoxy) is 1. The first-order valence-corrected chi connectivity index (χ1v) is 14.1. The summed E-state index contributed by atoms with van der Waals surface area (Å²) < 4.78 is 33.4. The van der Waals surface area contributed by atoms with Crippen molar-refractivity contribution < 1.29 is 17.9 Å². The summed E-state index contributed by atoms with van der Waals surface area (Å²) in [5, 5.41) is 0. The van der Waals surface area contributed by atoms with Crippen molar-refractivity contribution in [2.45, 2.75) is 76.0 Å². The molecular formula is C25H38N4O4S. The maximum Gasteiger partial charge on any atom is 0.263 e. The van der Waals surface area contributed by atoms with Gasteiger partial charge >= 0.3 is 0 Å². The lowest BCUT2D eigenvalue weighted by molar-refractivity contribution is -0.134. The van der Waals surface area contributed by atoms with E-state index in [1.807, 2.05) is 4.90 Å². The van der Waals surface area contributed by atoms with Crippen LogP contribution in [0.2, 0.25) is 0 Å². The SMILES string of the molecule is CCCCC(N=C1NS(=O)(=O)c2ccccc21)C(=O)N1CCC(CN2CC(C)OC(C)C2)CC1. The van der Waals surface area contributed by atoms with Gasteiger partial charge in [0.05, 0.1) is 17.1 Å². The van der Waals surface area contributed by atoms with Crippen LogP contribution >= 0.6 is 0 Å². The Kier molecular flexibility index (Phi) is 7.94. The second-order valence-corrected chi connectivity index (χ2v) is 11.6. The Morgan fingerprint density at radius 1 is 1.18 bits per heavy atom. The van der Waals surface area contributed by atoms with Crippen molar-refractivity contribution in [1.82, 2.24) is 14.5 Å². The summed E-state index contributed by atoms with van der Waals surface area (Å²) in [4.78, 5) is 22.8. The molecule has 0 spiro atoms. The number of nitrogens with zero attached hydrogens (tertiary/aromatic N) is 3. The first kappa shape index (κ1) is 25.1. The third-order valence-corrected chi connectivity index (χ3v) is 8.40. The second-order valence-electron chi connectivity index (χ2n) is 9.98. The molecule has 34 heavy (non-hydrogen) atoms. The van der Waals surface area contributed by atoms with Gasteiger partial charge in [-0.1, -0.05) is 31.9 Å². The number of likely N-dealkylation sites (tertiary alicyclic amines) is 1. The lowest BCUT2D eigenvalue weighted by Crippen LogP contribution is -2.49. The second kappa shape index (κ2) is 10.7. The Balaban J connectivity index is 1.40. The molecule has 2 saturated heterocycles. The van der Waals surface area contributed by atoms with Crippen LogP contribution in [-0.2, 0) is 19.6 Å². The molecule has 0 bridgehead atoms. The minimum absolute atomic E-state index is 0.0107. The van der Waals surface area contributed by atoms with E-state index in [-0.39, 0.29) is 28.8 Å². The van der Waals surface area contributed by atoms with E-state index in [1.165, 1.54) is 0 Å². The Hall–Kier alpha value is -1.97. The third kappa shape index (κ3) is 5.80. The summed E-state index contributed by atoms with van der Waals surface area (Å²) in [5.74, 6) is 0.877. The average molecular weight is 491 g/mol. The zero-order valence-corrected chi connectivity index (χ0v) is 21.4. The smallest absolute Gasteiger partial charge is 0.263 e. The molecule has 3 heterocycles. The van der Waals surface area contributed by atoms with Gasteiger partial charge in [-0.25, -0.2) is 8.42 Å². The molecule has 3 unspecified atom stereocenters. The average Bonchev–Trinajstić information content (AvgIpc) is 3.06. The highest BCUT2D eigenvalue weighted by atomic mass is 32.2. The van der Waals surface area contributed by atoms with Crippen LogP contribution in [0.5, 0.6) is 0 Å². The van der Waals surface area contributed by atoms with E-state index in [0.29, 0.717) is 17.9 Å². The normalized spacial score (nSPS) is 27.4. The van der Waals surface area contributed by atoms with Crippen molar-refractivity contribution in [1.29, 1.82) is 0 Å². The van der Waals surface area contributed by atoms with E-state index < -0.39 is 16.1 Å². The molecule has 4 rings (SSSR count). The fourth-order valence-corrected chi connectivity index (χ4v) is 6.61. The first-order valence-electron chi connectivity index (χ1n) is 12.6. The number of unbranched alkanes of at least 4 members (excludes halogenated alkanes) is 1. The van der Waals surface area contributed by atoms with Crippen molar-refractivity contribution in [3.8, 4) is 0 Å². The van der Waals surface area contributed by atoms with Crippen molar-refractivity contribution in [2.24, 2.45) is 10.9 Å². The van der Waals surface area contributed by atoms with Gasteiger partial charge in [-0.15, -0.1) is 0 Å². The number of amidine groups is 1. The van der Waals surface area contributed by atoms with E-state index in [0.717, 1.165) is 58.4 Å². The van der Waals surface area contributed by atoms with Crippen LogP contribution in [0.15, 0.2) is 34.2 Å².